The minimum absolute atomic E-state index is 0.472. The quantitative estimate of drug-likeness (QED) is 0.378. The van der Waals surface area contributed by atoms with Crippen LogP contribution in [0, 0.1) is 0 Å². The molecule has 0 radical (unpaired) electrons. The third-order valence-corrected chi connectivity index (χ3v) is 6.74. The van der Waals surface area contributed by atoms with E-state index in [1.807, 2.05) is 61.2 Å². The van der Waals surface area contributed by atoms with E-state index in [4.69, 9.17) is 4.98 Å². The van der Waals surface area contributed by atoms with Crippen LogP contribution in [0.4, 0.5) is 0 Å². The van der Waals surface area contributed by atoms with Gasteiger partial charge in [-0.05, 0) is 42.1 Å². The number of fused-ring (bicyclic) bond motifs is 1. The fourth-order valence-corrected chi connectivity index (χ4v) is 4.69. The Morgan fingerprint density at radius 2 is 1.81 bits per heavy atom. The zero-order valence-electron chi connectivity index (χ0n) is 19.0. The van der Waals surface area contributed by atoms with Gasteiger partial charge in [0.2, 0.25) is 0 Å². The van der Waals surface area contributed by atoms with Crippen molar-refractivity contribution in [2.75, 3.05) is 12.8 Å². The van der Waals surface area contributed by atoms with Crippen LogP contribution in [0.15, 0.2) is 72.0 Å². The number of nitrogens with one attached hydrogen (secondary N) is 1. The molecule has 32 heavy (non-hydrogen) atoms. The van der Waals surface area contributed by atoms with Crippen LogP contribution in [0.3, 0.4) is 0 Å². The van der Waals surface area contributed by atoms with Gasteiger partial charge in [0.15, 0.2) is 21.7 Å². The van der Waals surface area contributed by atoms with Gasteiger partial charge >= 0.3 is 0 Å². The lowest BCUT2D eigenvalue weighted by atomic mass is 9.96. The zero-order chi connectivity index (χ0) is 22.5. The van der Waals surface area contributed by atoms with Crippen LogP contribution in [-0.4, -0.2) is 32.0 Å². The molecule has 2 N–H and O–H groups in total. The van der Waals surface area contributed by atoms with Crippen molar-refractivity contribution in [3.63, 3.8) is 0 Å². The molecule has 0 bridgehead atoms. The highest BCUT2D eigenvalue weighted by Crippen LogP contribution is 2.29. The smallest absolute Gasteiger partial charge is 0.190 e. The van der Waals surface area contributed by atoms with Crippen molar-refractivity contribution in [3.8, 4) is 22.3 Å². The minimum atomic E-state index is -0.769. The predicted molar refractivity (Wildman–Crippen MR) is 134 cm³/mol. The first-order valence-corrected chi connectivity index (χ1v) is 12.9. The molecular formula is C26H31N4OS+. The van der Waals surface area contributed by atoms with Gasteiger partial charge in [-0.3, -0.25) is 0 Å². The van der Waals surface area contributed by atoms with Crippen molar-refractivity contribution in [1.82, 2.24) is 19.9 Å². The average Bonchev–Trinajstić information content (AvgIpc) is 3.29. The zero-order valence-corrected chi connectivity index (χ0v) is 19.8. The minimum Gasteiger partial charge on any atom is -0.310 e. The second kappa shape index (κ2) is 10.3. The van der Waals surface area contributed by atoms with Gasteiger partial charge in [-0.25, -0.2) is 9.50 Å². The van der Waals surface area contributed by atoms with Crippen molar-refractivity contribution in [3.05, 3.63) is 72.7 Å². The number of nitrogens with zero attached hydrogens (tertiary/aromatic N) is 3. The Kier molecular flexibility index (Phi) is 7.25. The molecule has 0 amide bonds. The standard InChI is InChI=1S/C24H25N4OS.C2H6/c1-30(29)21-6-4-5-19(13-21)22-15-27-28-16-20(14-26-24(22)28)17-8-10-18(11-9-17)23-7-2-3-12-25-23;1-2/h4-6,8-11,13-16,23,25,29H,2-3,7,12H2,1H3;1-2H3/q+1;. The van der Waals surface area contributed by atoms with Crippen LogP contribution in [0.2, 0.25) is 0 Å². The molecule has 3 heterocycles. The topological polar surface area (TPSA) is 62.5 Å². The van der Waals surface area contributed by atoms with Crippen molar-refractivity contribution in [2.45, 2.75) is 44.0 Å². The van der Waals surface area contributed by atoms with Gasteiger partial charge < -0.3 is 5.32 Å². The second-order valence-electron chi connectivity index (χ2n) is 7.80. The van der Waals surface area contributed by atoms with Gasteiger partial charge in [0.1, 0.15) is 6.26 Å². The van der Waals surface area contributed by atoms with Crippen LogP contribution in [0.5, 0.6) is 0 Å². The molecule has 2 atom stereocenters. The molecule has 0 aliphatic carbocycles. The third-order valence-electron chi connectivity index (χ3n) is 5.80. The van der Waals surface area contributed by atoms with Crippen molar-refractivity contribution < 1.29 is 4.55 Å². The van der Waals surface area contributed by atoms with Gasteiger partial charge in [-0.1, -0.05) is 56.7 Å². The Balaban J connectivity index is 0.00000119. The molecule has 166 valence electrons. The molecule has 0 saturated carbocycles. The van der Waals surface area contributed by atoms with E-state index in [0.29, 0.717) is 6.04 Å². The highest BCUT2D eigenvalue weighted by Gasteiger charge is 2.16. The number of hydrogen-bond donors (Lipinski definition) is 2. The SMILES string of the molecule is CC.C[S+](O)c1cccc(-c2cnn3cc(-c4ccc(C5CCCCN5)cc4)cnc23)c1. The van der Waals surface area contributed by atoms with Crippen LogP contribution in [0.25, 0.3) is 27.9 Å². The summed E-state index contributed by atoms with van der Waals surface area (Å²) in [6.45, 7) is 5.11. The molecule has 2 aromatic carbocycles. The van der Waals surface area contributed by atoms with Crippen molar-refractivity contribution >= 4 is 16.8 Å². The Morgan fingerprint density at radius 1 is 1.00 bits per heavy atom. The molecule has 5 rings (SSSR count). The Hall–Kier alpha value is -2.67. The highest BCUT2D eigenvalue weighted by atomic mass is 32.2. The lowest BCUT2D eigenvalue weighted by Crippen LogP contribution is -2.26. The summed E-state index contributed by atoms with van der Waals surface area (Å²) in [5.41, 5.74) is 6.33. The molecule has 1 aliphatic rings. The molecule has 2 unspecified atom stereocenters. The maximum Gasteiger partial charge on any atom is 0.190 e. The van der Waals surface area contributed by atoms with Crippen molar-refractivity contribution in [2.24, 2.45) is 0 Å². The lowest BCUT2D eigenvalue weighted by Gasteiger charge is -2.24. The summed E-state index contributed by atoms with van der Waals surface area (Å²) in [6.07, 6.45) is 11.4. The van der Waals surface area contributed by atoms with Crippen LogP contribution in [-0.2, 0) is 11.2 Å². The molecular weight excluding hydrogens is 416 g/mol. The largest absolute Gasteiger partial charge is 0.310 e. The van der Waals surface area contributed by atoms with E-state index in [0.717, 1.165) is 39.3 Å². The average molecular weight is 448 g/mol. The fraction of sp³-hybridized carbons (Fsp3) is 0.308. The van der Waals surface area contributed by atoms with E-state index < -0.39 is 11.2 Å². The highest BCUT2D eigenvalue weighted by molar-refractivity contribution is 7.90. The molecule has 6 heteroatoms. The first-order valence-electron chi connectivity index (χ1n) is 11.3. The lowest BCUT2D eigenvalue weighted by molar-refractivity contribution is 0.412. The molecule has 4 aromatic rings. The summed E-state index contributed by atoms with van der Waals surface area (Å²) < 4.78 is 11.7. The molecule has 1 fully saturated rings. The van der Waals surface area contributed by atoms with Gasteiger partial charge in [0.05, 0.1) is 6.20 Å². The Bertz CT molecular complexity index is 1160. The number of rotatable bonds is 4. The van der Waals surface area contributed by atoms with E-state index in [-0.39, 0.29) is 0 Å². The third kappa shape index (κ3) is 4.72. The fourth-order valence-electron chi connectivity index (χ4n) is 4.12. The van der Waals surface area contributed by atoms with E-state index >= 15 is 0 Å². The summed E-state index contributed by atoms with van der Waals surface area (Å²) in [5, 5.41) is 8.14. The monoisotopic (exact) mass is 447 g/mol. The summed E-state index contributed by atoms with van der Waals surface area (Å²) in [4.78, 5) is 5.62. The van der Waals surface area contributed by atoms with Crippen LogP contribution >= 0.6 is 0 Å². The van der Waals surface area contributed by atoms with Gasteiger partial charge in [-0.15, -0.1) is 0 Å². The normalized spacial score (nSPS) is 16.9. The van der Waals surface area contributed by atoms with Crippen LogP contribution in [0.1, 0.15) is 44.7 Å². The van der Waals surface area contributed by atoms with Crippen LogP contribution < -0.4 is 5.32 Å². The Labute approximate surface area is 193 Å². The second-order valence-corrected chi connectivity index (χ2v) is 9.23. The Morgan fingerprint density at radius 3 is 2.53 bits per heavy atom. The molecule has 1 aliphatic heterocycles. The summed E-state index contributed by atoms with van der Waals surface area (Å²) >= 11 is -0.769. The molecule has 0 spiro atoms. The maximum absolute atomic E-state index is 9.91. The summed E-state index contributed by atoms with van der Waals surface area (Å²) in [7, 11) is 0. The van der Waals surface area contributed by atoms with E-state index in [2.05, 4.69) is 34.7 Å². The first-order chi connectivity index (χ1) is 15.7. The first kappa shape index (κ1) is 22.5. The van der Waals surface area contributed by atoms with Gasteiger partial charge in [-0.2, -0.15) is 9.65 Å². The van der Waals surface area contributed by atoms with Crippen molar-refractivity contribution in [1.29, 1.82) is 0 Å². The summed E-state index contributed by atoms with van der Waals surface area (Å²) in [6, 6.07) is 17.2. The van der Waals surface area contributed by atoms with E-state index in [1.54, 1.807) is 6.26 Å². The number of aromatic nitrogens is 3. The number of piperidine rings is 1. The van der Waals surface area contributed by atoms with Gasteiger partial charge in [0, 0.05) is 35.6 Å². The predicted octanol–water partition coefficient (Wildman–Crippen LogP) is 5.98. The van der Waals surface area contributed by atoms with E-state index in [1.165, 1.54) is 24.8 Å². The number of benzene rings is 2. The number of hydrogen-bond acceptors (Lipinski definition) is 4. The summed E-state index contributed by atoms with van der Waals surface area (Å²) in [5.74, 6) is 0. The maximum atomic E-state index is 9.91. The molecule has 1 saturated heterocycles. The molecule has 2 aromatic heterocycles. The van der Waals surface area contributed by atoms with E-state index in [9.17, 15) is 4.55 Å². The molecule has 5 nitrogen and oxygen atoms in total. The van der Waals surface area contributed by atoms with Gasteiger partial charge in [0.25, 0.3) is 0 Å².